The number of imidazole rings is 1. The van der Waals surface area contributed by atoms with Crippen LogP contribution in [-0.4, -0.2) is 22.6 Å². The molecule has 0 saturated heterocycles. The first-order valence-corrected chi connectivity index (χ1v) is 5.50. The molecule has 96 valence electrons. The minimum atomic E-state index is -0.513. The number of rotatable bonds is 2. The first kappa shape index (κ1) is 12.6. The number of anilines is 1. The molecule has 2 rings (SSSR count). The highest BCUT2D eigenvalue weighted by molar-refractivity contribution is 5.96. The lowest BCUT2D eigenvalue weighted by Crippen LogP contribution is -2.09. The maximum atomic E-state index is 11.7. The number of nitrogens with zero attached hydrogens (tertiary/aromatic N) is 3. The number of esters is 1. The van der Waals surface area contributed by atoms with Crippen LogP contribution >= 0.6 is 0 Å². The minimum absolute atomic E-state index is 0.236. The Balaban J connectivity index is 2.64. The van der Waals surface area contributed by atoms with Crippen molar-refractivity contribution in [3.8, 4) is 11.8 Å². The van der Waals surface area contributed by atoms with Crippen molar-refractivity contribution in [2.75, 3.05) is 12.8 Å². The van der Waals surface area contributed by atoms with Gasteiger partial charge in [0.25, 0.3) is 0 Å². The molecule has 2 aromatic rings. The van der Waals surface area contributed by atoms with E-state index in [1.807, 2.05) is 6.07 Å². The lowest BCUT2D eigenvalue weighted by atomic mass is 10.1. The van der Waals surface area contributed by atoms with Crippen LogP contribution in [0.1, 0.15) is 21.7 Å². The third kappa shape index (κ3) is 2.13. The van der Waals surface area contributed by atoms with Crippen molar-refractivity contribution in [3.63, 3.8) is 0 Å². The zero-order valence-corrected chi connectivity index (χ0v) is 10.5. The summed E-state index contributed by atoms with van der Waals surface area (Å²) in [4.78, 5) is 15.6. The first-order valence-electron chi connectivity index (χ1n) is 5.50. The van der Waals surface area contributed by atoms with Gasteiger partial charge >= 0.3 is 5.97 Å². The van der Waals surface area contributed by atoms with Gasteiger partial charge in [0.2, 0.25) is 5.82 Å². The highest BCUT2D eigenvalue weighted by Crippen LogP contribution is 2.23. The molecule has 1 heterocycles. The molecule has 0 saturated carbocycles. The van der Waals surface area contributed by atoms with Crippen LogP contribution in [0.3, 0.4) is 0 Å². The van der Waals surface area contributed by atoms with Crippen molar-refractivity contribution in [1.82, 2.24) is 9.55 Å². The summed E-state index contributed by atoms with van der Waals surface area (Å²) in [6.07, 6.45) is 3.16. The van der Waals surface area contributed by atoms with Gasteiger partial charge in [-0.05, 0) is 24.6 Å². The van der Waals surface area contributed by atoms with Gasteiger partial charge in [0.05, 0.1) is 12.7 Å². The van der Waals surface area contributed by atoms with Gasteiger partial charge in [-0.15, -0.1) is 0 Å². The summed E-state index contributed by atoms with van der Waals surface area (Å²) in [5.41, 5.74) is 7.88. The zero-order valence-electron chi connectivity index (χ0n) is 10.5. The predicted molar refractivity (Wildman–Crippen MR) is 68.8 cm³/mol. The molecule has 1 aromatic carbocycles. The molecular formula is C13H12N4O2. The van der Waals surface area contributed by atoms with Gasteiger partial charge in [0, 0.05) is 23.8 Å². The highest BCUT2D eigenvalue weighted by Gasteiger charge is 2.15. The summed E-state index contributed by atoms with van der Waals surface area (Å²) < 4.78 is 6.27. The molecule has 0 spiro atoms. The molecule has 0 aliphatic heterocycles. The van der Waals surface area contributed by atoms with Gasteiger partial charge in [0.15, 0.2) is 0 Å². The maximum Gasteiger partial charge on any atom is 0.340 e. The standard InChI is InChI=1S/C13H12N4O2/c1-8-5-9(17-4-3-16-11(17)7-14)6-10(12(8)15)13(18)19-2/h3-6H,15H2,1-2H3. The largest absolute Gasteiger partial charge is 0.465 e. The van der Waals surface area contributed by atoms with Crippen LogP contribution in [0.25, 0.3) is 5.69 Å². The average molecular weight is 256 g/mol. The van der Waals surface area contributed by atoms with Crippen LogP contribution < -0.4 is 5.73 Å². The molecule has 0 bridgehead atoms. The molecule has 0 fully saturated rings. The van der Waals surface area contributed by atoms with Crippen molar-refractivity contribution in [1.29, 1.82) is 5.26 Å². The fourth-order valence-electron chi connectivity index (χ4n) is 1.79. The minimum Gasteiger partial charge on any atom is -0.465 e. The van der Waals surface area contributed by atoms with Crippen molar-refractivity contribution in [3.05, 3.63) is 41.5 Å². The van der Waals surface area contributed by atoms with Gasteiger partial charge in [-0.3, -0.25) is 4.57 Å². The number of carbonyl (C=O) groups is 1. The Morgan fingerprint density at radius 3 is 2.89 bits per heavy atom. The number of hydrogen-bond donors (Lipinski definition) is 1. The number of hydrogen-bond acceptors (Lipinski definition) is 5. The number of nitriles is 1. The Hall–Kier alpha value is -2.81. The third-order valence-corrected chi connectivity index (χ3v) is 2.80. The molecule has 0 atom stereocenters. The van der Waals surface area contributed by atoms with E-state index in [9.17, 15) is 4.79 Å². The maximum absolute atomic E-state index is 11.7. The Morgan fingerprint density at radius 2 is 2.26 bits per heavy atom. The second-order valence-corrected chi connectivity index (χ2v) is 3.95. The van der Waals surface area contributed by atoms with Crippen LogP contribution in [-0.2, 0) is 4.74 Å². The molecule has 1 aromatic heterocycles. The van der Waals surface area contributed by atoms with Gasteiger partial charge in [-0.25, -0.2) is 9.78 Å². The van der Waals surface area contributed by atoms with E-state index in [0.29, 0.717) is 11.4 Å². The summed E-state index contributed by atoms with van der Waals surface area (Å²) >= 11 is 0. The molecule has 6 heteroatoms. The molecule has 0 radical (unpaired) electrons. The molecule has 2 N–H and O–H groups in total. The van der Waals surface area contributed by atoms with Crippen LogP contribution in [0.4, 0.5) is 5.69 Å². The fourth-order valence-corrected chi connectivity index (χ4v) is 1.79. The number of nitrogens with two attached hydrogens (primary N) is 1. The monoisotopic (exact) mass is 256 g/mol. The zero-order chi connectivity index (χ0) is 14.0. The van der Waals surface area contributed by atoms with Gasteiger partial charge < -0.3 is 10.5 Å². The molecule has 0 amide bonds. The molecule has 19 heavy (non-hydrogen) atoms. The summed E-state index contributed by atoms with van der Waals surface area (Å²) in [7, 11) is 1.29. The van der Waals surface area contributed by atoms with Gasteiger partial charge in [0.1, 0.15) is 6.07 Å². The quantitative estimate of drug-likeness (QED) is 0.647. The lowest BCUT2D eigenvalue weighted by Gasteiger charge is -2.11. The number of ether oxygens (including phenoxy) is 1. The van der Waals surface area contributed by atoms with Crippen molar-refractivity contribution < 1.29 is 9.53 Å². The van der Waals surface area contributed by atoms with E-state index in [1.54, 1.807) is 29.8 Å². The third-order valence-electron chi connectivity index (χ3n) is 2.80. The van der Waals surface area contributed by atoms with Crippen LogP contribution in [0.5, 0.6) is 0 Å². The molecular weight excluding hydrogens is 244 g/mol. The van der Waals surface area contributed by atoms with Crippen LogP contribution in [0, 0.1) is 18.3 Å². The summed E-state index contributed by atoms with van der Waals surface area (Å²) in [5, 5.41) is 8.97. The normalized spacial score (nSPS) is 9.95. The summed E-state index contributed by atoms with van der Waals surface area (Å²) in [6.45, 7) is 1.79. The Bertz CT molecular complexity index is 682. The number of nitrogen functional groups attached to an aromatic ring is 1. The number of aryl methyl sites for hydroxylation is 1. The van der Waals surface area contributed by atoms with E-state index < -0.39 is 5.97 Å². The second-order valence-electron chi connectivity index (χ2n) is 3.95. The highest BCUT2D eigenvalue weighted by atomic mass is 16.5. The topological polar surface area (TPSA) is 93.9 Å². The van der Waals surface area contributed by atoms with Crippen molar-refractivity contribution in [2.24, 2.45) is 0 Å². The SMILES string of the molecule is COC(=O)c1cc(-n2ccnc2C#N)cc(C)c1N. The number of benzene rings is 1. The van der Waals surface area contributed by atoms with E-state index in [4.69, 9.17) is 15.7 Å². The predicted octanol–water partition coefficient (Wildman–Crippen LogP) is 1.42. The fraction of sp³-hybridized carbons (Fsp3) is 0.154. The molecule has 0 unspecified atom stereocenters. The summed E-state index contributed by atoms with van der Waals surface area (Å²) in [6, 6.07) is 5.34. The van der Waals surface area contributed by atoms with E-state index in [2.05, 4.69) is 4.98 Å². The Kier molecular flexibility index (Phi) is 3.21. The van der Waals surface area contributed by atoms with Crippen molar-refractivity contribution >= 4 is 11.7 Å². The number of methoxy groups -OCH3 is 1. The van der Waals surface area contributed by atoms with E-state index in [-0.39, 0.29) is 11.4 Å². The second kappa shape index (κ2) is 4.82. The Labute approximate surface area is 110 Å². The average Bonchev–Trinajstić information content (AvgIpc) is 2.89. The lowest BCUT2D eigenvalue weighted by molar-refractivity contribution is 0.0602. The van der Waals surface area contributed by atoms with E-state index in [1.165, 1.54) is 13.3 Å². The Morgan fingerprint density at radius 1 is 1.53 bits per heavy atom. The van der Waals surface area contributed by atoms with Crippen molar-refractivity contribution in [2.45, 2.75) is 6.92 Å². The van der Waals surface area contributed by atoms with Crippen LogP contribution in [0.2, 0.25) is 0 Å². The molecule has 6 nitrogen and oxygen atoms in total. The van der Waals surface area contributed by atoms with E-state index in [0.717, 1.165) is 5.56 Å². The number of carbonyl (C=O) groups excluding carboxylic acids is 1. The number of aromatic nitrogens is 2. The first-order chi connectivity index (χ1) is 9.08. The smallest absolute Gasteiger partial charge is 0.340 e. The van der Waals surface area contributed by atoms with Gasteiger partial charge in [-0.2, -0.15) is 5.26 Å². The van der Waals surface area contributed by atoms with E-state index >= 15 is 0 Å². The van der Waals surface area contributed by atoms with Gasteiger partial charge in [-0.1, -0.05) is 0 Å². The van der Waals surface area contributed by atoms with Crippen LogP contribution in [0.15, 0.2) is 24.5 Å². The molecule has 0 aliphatic carbocycles. The summed E-state index contributed by atoms with van der Waals surface area (Å²) in [5.74, 6) is -0.277. The molecule has 0 aliphatic rings.